The molecule has 0 heterocycles. The van der Waals surface area contributed by atoms with Gasteiger partial charge in [0.1, 0.15) is 5.82 Å². The molecule has 0 amide bonds. The monoisotopic (exact) mass is 250 g/mol. The number of benzene rings is 1. The van der Waals surface area contributed by atoms with E-state index < -0.39 is 0 Å². The van der Waals surface area contributed by atoms with Gasteiger partial charge >= 0.3 is 0 Å². The molecule has 1 aliphatic carbocycles. The van der Waals surface area contributed by atoms with Gasteiger partial charge in [-0.3, -0.25) is 11.3 Å². The molecule has 1 saturated carbocycles. The summed E-state index contributed by atoms with van der Waals surface area (Å²) < 4.78 is 13.3. The number of rotatable bonds is 3. The van der Waals surface area contributed by atoms with E-state index >= 15 is 0 Å². The molecule has 0 radical (unpaired) electrons. The molecule has 1 unspecified atom stereocenters. The summed E-state index contributed by atoms with van der Waals surface area (Å²) in [5, 5.41) is 0. The molecule has 2 rings (SSSR count). The van der Waals surface area contributed by atoms with Crippen LogP contribution in [-0.2, 0) is 0 Å². The van der Waals surface area contributed by atoms with Gasteiger partial charge in [0.05, 0.1) is 0 Å². The predicted octanol–water partition coefficient (Wildman–Crippen LogP) is 3.46. The number of hydrazine groups is 1. The van der Waals surface area contributed by atoms with Crippen molar-refractivity contribution in [2.45, 2.75) is 45.6 Å². The van der Waals surface area contributed by atoms with Crippen LogP contribution in [0, 0.1) is 24.6 Å². The fourth-order valence-corrected chi connectivity index (χ4v) is 2.99. The summed E-state index contributed by atoms with van der Waals surface area (Å²) in [5.41, 5.74) is 4.73. The summed E-state index contributed by atoms with van der Waals surface area (Å²) in [4.78, 5) is 0. The smallest absolute Gasteiger partial charge is 0.126 e. The first-order valence-corrected chi connectivity index (χ1v) is 6.84. The number of halogens is 1. The highest BCUT2D eigenvalue weighted by Crippen LogP contribution is 2.36. The quantitative estimate of drug-likeness (QED) is 0.637. The number of hydrogen-bond acceptors (Lipinski definition) is 2. The molecule has 18 heavy (non-hydrogen) atoms. The molecule has 0 bridgehead atoms. The molecular weight excluding hydrogens is 227 g/mol. The van der Waals surface area contributed by atoms with Crippen LogP contribution >= 0.6 is 0 Å². The lowest BCUT2D eigenvalue weighted by Crippen LogP contribution is -2.35. The Kier molecular flexibility index (Phi) is 4.36. The van der Waals surface area contributed by atoms with Crippen molar-refractivity contribution in [2.24, 2.45) is 17.7 Å². The second-order valence-corrected chi connectivity index (χ2v) is 5.67. The van der Waals surface area contributed by atoms with Gasteiger partial charge in [0.25, 0.3) is 0 Å². The highest BCUT2D eigenvalue weighted by molar-refractivity contribution is 5.27. The Bertz CT molecular complexity index is 397. The van der Waals surface area contributed by atoms with Gasteiger partial charge in [-0.25, -0.2) is 4.39 Å². The van der Waals surface area contributed by atoms with Crippen LogP contribution in [0.25, 0.3) is 0 Å². The van der Waals surface area contributed by atoms with Crippen LogP contribution < -0.4 is 11.3 Å². The molecule has 0 aliphatic heterocycles. The first kappa shape index (κ1) is 13.5. The van der Waals surface area contributed by atoms with Crippen molar-refractivity contribution in [3.63, 3.8) is 0 Å². The van der Waals surface area contributed by atoms with Crippen LogP contribution in [-0.4, -0.2) is 0 Å². The summed E-state index contributed by atoms with van der Waals surface area (Å²) >= 11 is 0. The first-order valence-electron chi connectivity index (χ1n) is 6.84. The van der Waals surface area contributed by atoms with Crippen LogP contribution in [0.5, 0.6) is 0 Å². The van der Waals surface area contributed by atoms with Gasteiger partial charge in [-0.2, -0.15) is 0 Å². The molecule has 100 valence electrons. The fourth-order valence-electron chi connectivity index (χ4n) is 2.99. The highest BCUT2D eigenvalue weighted by atomic mass is 19.1. The normalized spacial score (nSPS) is 26.0. The van der Waals surface area contributed by atoms with Gasteiger partial charge in [-0.1, -0.05) is 31.9 Å². The van der Waals surface area contributed by atoms with Crippen molar-refractivity contribution in [1.29, 1.82) is 0 Å². The van der Waals surface area contributed by atoms with E-state index in [-0.39, 0.29) is 11.9 Å². The molecular formula is C15H23FN2. The van der Waals surface area contributed by atoms with Crippen LogP contribution in [0.2, 0.25) is 0 Å². The van der Waals surface area contributed by atoms with Gasteiger partial charge in [-0.05, 0) is 48.8 Å². The highest BCUT2D eigenvalue weighted by Gasteiger charge is 2.26. The average Bonchev–Trinajstić information content (AvgIpc) is 2.37. The number of nitrogens with two attached hydrogens (primary N) is 1. The zero-order valence-electron chi connectivity index (χ0n) is 11.2. The Labute approximate surface area is 109 Å². The molecule has 1 fully saturated rings. The van der Waals surface area contributed by atoms with Crippen molar-refractivity contribution >= 4 is 0 Å². The van der Waals surface area contributed by atoms with Crippen LogP contribution in [0.4, 0.5) is 4.39 Å². The standard InChI is InChI=1S/C15H23FN2/c1-10-3-5-12(6-4-10)15(18-17)13-7-8-14(16)11(2)9-13/h7-10,12,15,18H,3-6,17H2,1-2H3. The molecule has 3 heteroatoms. The molecule has 1 aromatic rings. The molecule has 0 aromatic heterocycles. The number of aryl methyl sites for hydroxylation is 1. The van der Waals surface area contributed by atoms with E-state index in [1.807, 2.05) is 12.1 Å². The zero-order chi connectivity index (χ0) is 13.1. The topological polar surface area (TPSA) is 38.0 Å². The first-order chi connectivity index (χ1) is 8.61. The Balaban J connectivity index is 2.14. The zero-order valence-corrected chi connectivity index (χ0v) is 11.2. The summed E-state index contributed by atoms with van der Waals surface area (Å²) in [6.07, 6.45) is 4.94. The lowest BCUT2D eigenvalue weighted by Gasteiger charge is -2.32. The van der Waals surface area contributed by atoms with Gasteiger partial charge in [-0.15, -0.1) is 0 Å². The molecule has 1 aliphatic rings. The third kappa shape index (κ3) is 2.90. The minimum Gasteiger partial charge on any atom is -0.271 e. The summed E-state index contributed by atoms with van der Waals surface area (Å²) in [6.45, 7) is 4.11. The summed E-state index contributed by atoms with van der Waals surface area (Å²) in [5.74, 6) is 6.96. The largest absolute Gasteiger partial charge is 0.271 e. The fraction of sp³-hybridized carbons (Fsp3) is 0.600. The lowest BCUT2D eigenvalue weighted by molar-refractivity contribution is 0.232. The van der Waals surface area contributed by atoms with E-state index in [1.54, 1.807) is 13.0 Å². The van der Waals surface area contributed by atoms with Gasteiger partial charge in [0.2, 0.25) is 0 Å². The third-order valence-electron chi connectivity index (χ3n) is 4.25. The maximum atomic E-state index is 13.3. The van der Waals surface area contributed by atoms with Crippen LogP contribution in [0.1, 0.15) is 49.8 Å². The molecule has 1 aromatic carbocycles. The average molecular weight is 250 g/mol. The molecule has 1 atom stereocenters. The van der Waals surface area contributed by atoms with Crippen LogP contribution in [0.3, 0.4) is 0 Å². The minimum absolute atomic E-state index is 0.146. The van der Waals surface area contributed by atoms with Crippen molar-refractivity contribution in [1.82, 2.24) is 5.43 Å². The maximum Gasteiger partial charge on any atom is 0.126 e. The van der Waals surface area contributed by atoms with Crippen molar-refractivity contribution in [3.05, 3.63) is 35.1 Å². The molecule has 0 spiro atoms. The summed E-state index contributed by atoms with van der Waals surface area (Å²) in [6, 6.07) is 5.46. The second kappa shape index (κ2) is 5.81. The molecule has 2 nitrogen and oxygen atoms in total. The van der Waals surface area contributed by atoms with E-state index in [0.717, 1.165) is 11.5 Å². The minimum atomic E-state index is -0.146. The van der Waals surface area contributed by atoms with E-state index in [4.69, 9.17) is 5.84 Å². The Morgan fingerprint density at radius 3 is 2.50 bits per heavy atom. The molecule has 0 saturated heterocycles. The lowest BCUT2D eigenvalue weighted by atomic mass is 9.77. The Morgan fingerprint density at radius 1 is 1.28 bits per heavy atom. The van der Waals surface area contributed by atoms with Crippen molar-refractivity contribution < 1.29 is 4.39 Å². The summed E-state index contributed by atoms with van der Waals surface area (Å²) in [7, 11) is 0. The van der Waals surface area contributed by atoms with Gasteiger partial charge in [0, 0.05) is 6.04 Å². The van der Waals surface area contributed by atoms with Crippen molar-refractivity contribution in [2.75, 3.05) is 0 Å². The second-order valence-electron chi connectivity index (χ2n) is 5.67. The Hall–Kier alpha value is -0.930. The Morgan fingerprint density at radius 2 is 1.94 bits per heavy atom. The van der Waals surface area contributed by atoms with E-state index in [0.29, 0.717) is 11.5 Å². The number of hydrogen-bond donors (Lipinski definition) is 2. The van der Waals surface area contributed by atoms with E-state index in [9.17, 15) is 4.39 Å². The number of nitrogens with one attached hydrogen (secondary N) is 1. The SMILES string of the molecule is Cc1cc(C(NN)C2CCC(C)CC2)ccc1F. The van der Waals surface area contributed by atoms with E-state index in [1.165, 1.54) is 25.7 Å². The predicted molar refractivity (Wildman–Crippen MR) is 72.3 cm³/mol. The van der Waals surface area contributed by atoms with Gasteiger partial charge < -0.3 is 0 Å². The third-order valence-corrected chi connectivity index (χ3v) is 4.25. The van der Waals surface area contributed by atoms with Crippen molar-refractivity contribution in [3.8, 4) is 0 Å². The van der Waals surface area contributed by atoms with Gasteiger partial charge in [0.15, 0.2) is 0 Å². The van der Waals surface area contributed by atoms with Crippen LogP contribution in [0.15, 0.2) is 18.2 Å². The maximum absolute atomic E-state index is 13.3. The molecule has 3 N–H and O–H groups in total. The van der Waals surface area contributed by atoms with E-state index in [2.05, 4.69) is 12.3 Å².